The van der Waals surface area contributed by atoms with Crippen LogP contribution in [0.15, 0.2) is 66.1 Å². The fraction of sp³-hybridized carbons (Fsp3) is 0.400. The van der Waals surface area contributed by atoms with E-state index in [0.29, 0.717) is 11.3 Å². The molecule has 0 aliphatic heterocycles. The fourth-order valence-electron chi connectivity index (χ4n) is 3.70. The Hall–Kier alpha value is -3.03. The SMILES string of the molecule is N#Cc1ccc(N(CCCCCCCCCCSc2ccc(O[SH](=O)=O)cc2)n2cnnc2)cc1. The average Bonchev–Trinajstić information content (AvgIpc) is 3.40. The van der Waals surface area contributed by atoms with E-state index in [-0.39, 0.29) is 0 Å². The van der Waals surface area contributed by atoms with Crippen molar-refractivity contribution in [1.29, 1.82) is 5.26 Å². The fourth-order valence-corrected chi connectivity index (χ4v) is 4.91. The van der Waals surface area contributed by atoms with Gasteiger partial charge in [-0.05, 0) is 67.1 Å². The van der Waals surface area contributed by atoms with Crippen molar-refractivity contribution < 1.29 is 12.6 Å². The quantitative estimate of drug-likeness (QED) is 0.158. The number of anilines is 1. The summed E-state index contributed by atoms with van der Waals surface area (Å²) < 4.78 is 27.7. The van der Waals surface area contributed by atoms with Gasteiger partial charge >= 0.3 is 0 Å². The van der Waals surface area contributed by atoms with E-state index in [1.807, 2.05) is 41.1 Å². The van der Waals surface area contributed by atoms with Crippen molar-refractivity contribution in [1.82, 2.24) is 14.9 Å². The molecular weight excluding hydrogens is 482 g/mol. The molecule has 0 saturated carbocycles. The van der Waals surface area contributed by atoms with Crippen molar-refractivity contribution in [2.24, 2.45) is 0 Å². The highest BCUT2D eigenvalue weighted by Gasteiger charge is 2.09. The molecule has 0 bridgehead atoms. The zero-order valence-electron chi connectivity index (χ0n) is 19.7. The summed E-state index contributed by atoms with van der Waals surface area (Å²) in [5.74, 6) is 1.41. The van der Waals surface area contributed by atoms with Gasteiger partial charge in [0.25, 0.3) is 11.0 Å². The predicted molar refractivity (Wildman–Crippen MR) is 139 cm³/mol. The molecule has 3 rings (SSSR count). The standard InChI is InChI=1S/C25H31N5O3S2/c26-19-22-9-11-23(12-10-22)30(29-20-27-28-21-29)17-7-5-3-1-2-4-6-8-18-34-25-15-13-24(14-16-25)33-35(31)32/h9-16,20-21,35H,1-8,17-18H2. The molecule has 3 aromatic rings. The van der Waals surface area contributed by atoms with Gasteiger partial charge in [0, 0.05) is 11.4 Å². The molecule has 10 heteroatoms. The maximum atomic E-state index is 10.6. The number of thioether (sulfide) groups is 1. The van der Waals surface area contributed by atoms with Crippen LogP contribution in [0.1, 0.15) is 56.9 Å². The third kappa shape index (κ3) is 9.62. The van der Waals surface area contributed by atoms with Gasteiger partial charge in [0.2, 0.25) is 0 Å². The molecule has 0 N–H and O–H groups in total. The Morgan fingerprint density at radius 3 is 2.06 bits per heavy atom. The minimum atomic E-state index is -2.86. The van der Waals surface area contributed by atoms with Gasteiger partial charge in [-0.3, -0.25) is 5.01 Å². The molecular formula is C25H31N5O3S2. The minimum Gasteiger partial charge on any atom is -0.384 e. The second-order valence-electron chi connectivity index (χ2n) is 8.09. The highest BCUT2D eigenvalue weighted by molar-refractivity contribution is 7.99. The van der Waals surface area contributed by atoms with Crippen LogP contribution in [0.2, 0.25) is 0 Å². The summed E-state index contributed by atoms with van der Waals surface area (Å²) in [5.41, 5.74) is 1.67. The largest absolute Gasteiger partial charge is 0.384 e. The summed E-state index contributed by atoms with van der Waals surface area (Å²) in [7, 11) is -2.86. The third-order valence-corrected chi connectivity index (χ3v) is 6.97. The number of aromatic nitrogens is 3. The van der Waals surface area contributed by atoms with Gasteiger partial charge in [-0.2, -0.15) is 13.7 Å². The number of rotatable bonds is 16. The van der Waals surface area contributed by atoms with Crippen LogP contribution < -0.4 is 9.19 Å². The average molecular weight is 514 g/mol. The van der Waals surface area contributed by atoms with E-state index in [9.17, 15) is 8.42 Å². The zero-order chi connectivity index (χ0) is 24.7. The first-order valence-electron chi connectivity index (χ1n) is 11.8. The molecule has 1 heterocycles. The molecule has 0 spiro atoms. The van der Waals surface area contributed by atoms with Crippen molar-refractivity contribution in [3.05, 3.63) is 66.7 Å². The Bertz CT molecular complexity index is 1100. The molecule has 0 radical (unpaired) electrons. The highest BCUT2D eigenvalue weighted by Crippen LogP contribution is 2.23. The van der Waals surface area contributed by atoms with Crippen molar-refractivity contribution in [2.45, 2.75) is 56.3 Å². The van der Waals surface area contributed by atoms with Gasteiger partial charge in [-0.25, -0.2) is 4.68 Å². The van der Waals surface area contributed by atoms with E-state index >= 15 is 0 Å². The molecule has 0 unspecified atom stereocenters. The van der Waals surface area contributed by atoms with Crippen LogP contribution in [-0.2, 0) is 11.0 Å². The van der Waals surface area contributed by atoms with E-state index < -0.39 is 11.0 Å². The second kappa shape index (κ2) is 15.1. The molecule has 35 heavy (non-hydrogen) atoms. The Morgan fingerprint density at radius 1 is 0.857 bits per heavy atom. The van der Waals surface area contributed by atoms with E-state index in [4.69, 9.17) is 5.26 Å². The van der Waals surface area contributed by atoms with E-state index in [2.05, 4.69) is 25.5 Å². The van der Waals surface area contributed by atoms with Crippen LogP contribution in [0.4, 0.5) is 5.69 Å². The maximum absolute atomic E-state index is 10.6. The molecule has 0 aliphatic rings. The second-order valence-corrected chi connectivity index (χ2v) is 9.89. The Kier molecular flexibility index (Phi) is 11.4. The Morgan fingerprint density at radius 2 is 1.46 bits per heavy atom. The van der Waals surface area contributed by atoms with Crippen LogP contribution in [-0.4, -0.2) is 35.6 Å². The third-order valence-electron chi connectivity index (χ3n) is 5.52. The number of nitrogens with zero attached hydrogens (tertiary/aromatic N) is 5. The first-order chi connectivity index (χ1) is 17.2. The number of benzene rings is 2. The molecule has 0 aliphatic carbocycles. The monoisotopic (exact) mass is 513 g/mol. The summed E-state index contributed by atoms with van der Waals surface area (Å²) >= 11 is 1.79. The normalized spacial score (nSPS) is 10.9. The molecule has 1 aromatic heterocycles. The summed E-state index contributed by atoms with van der Waals surface area (Å²) in [6, 6.07) is 16.9. The summed E-state index contributed by atoms with van der Waals surface area (Å²) in [5, 5.41) is 19.0. The van der Waals surface area contributed by atoms with Gasteiger partial charge in [0.05, 0.1) is 17.3 Å². The maximum Gasteiger partial charge on any atom is 0.299 e. The van der Waals surface area contributed by atoms with Crippen LogP contribution >= 0.6 is 11.8 Å². The van der Waals surface area contributed by atoms with E-state index in [1.54, 1.807) is 36.5 Å². The number of hydrogen-bond donors (Lipinski definition) is 1. The smallest absolute Gasteiger partial charge is 0.299 e. The molecule has 0 fully saturated rings. The summed E-state index contributed by atoms with van der Waals surface area (Å²) in [4.78, 5) is 1.13. The lowest BCUT2D eigenvalue weighted by molar-refractivity contribution is 0.510. The number of unbranched alkanes of at least 4 members (excludes halogenated alkanes) is 7. The molecule has 0 amide bonds. The lowest BCUT2D eigenvalue weighted by atomic mass is 10.1. The van der Waals surface area contributed by atoms with E-state index in [1.165, 1.54) is 44.9 Å². The highest BCUT2D eigenvalue weighted by atomic mass is 32.2. The number of thiol groups is 1. The van der Waals surface area contributed by atoms with Crippen molar-refractivity contribution in [3.63, 3.8) is 0 Å². The minimum absolute atomic E-state index is 0.353. The predicted octanol–water partition coefficient (Wildman–Crippen LogP) is 5.24. The molecule has 0 atom stereocenters. The Labute approximate surface area is 213 Å². The van der Waals surface area contributed by atoms with Crippen molar-refractivity contribution in [2.75, 3.05) is 17.3 Å². The molecule has 2 aromatic carbocycles. The number of hydrogen-bond acceptors (Lipinski definition) is 8. The molecule has 8 nitrogen and oxygen atoms in total. The lowest BCUT2D eigenvalue weighted by Gasteiger charge is -2.24. The van der Waals surface area contributed by atoms with Gasteiger partial charge in [-0.15, -0.1) is 22.0 Å². The summed E-state index contributed by atoms with van der Waals surface area (Å²) in [6.07, 6.45) is 13.0. The van der Waals surface area contributed by atoms with Crippen LogP contribution in [0.5, 0.6) is 5.75 Å². The van der Waals surface area contributed by atoms with Crippen LogP contribution in [0.25, 0.3) is 0 Å². The zero-order valence-corrected chi connectivity index (χ0v) is 21.4. The van der Waals surface area contributed by atoms with Gasteiger partial charge in [0.1, 0.15) is 18.4 Å². The van der Waals surface area contributed by atoms with Crippen molar-refractivity contribution >= 4 is 28.4 Å². The summed E-state index contributed by atoms with van der Waals surface area (Å²) in [6.45, 7) is 0.865. The molecule has 0 saturated heterocycles. The van der Waals surface area contributed by atoms with Crippen LogP contribution in [0.3, 0.4) is 0 Å². The Balaban J connectivity index is 1.24. The van der Waals surface area contributed by atoms with Gasteiger partial charge in [-0.1, -0.05) is 38.5 Å². The van der Waals surface area contributed by atoms with Gasteiger partial charge < -0.3 is 4.18 Å². The first kappa shape index (κ1) is 26.6. The molecule has 186 valence electrons. The van der Waals surface area contributed by atoms with Crippen molar-refractivity contribution in [3.8, 4) is 11.8 Å². The van der Waals surface area contributed by atoms with Gasteiger partial charge in [0.15, 0.2) is 0 Å². The topological polar surface area (TPSA) is 101 Å². The van der Waals surface area contributed by atoms with E-state index in [0.717, 1.165) is 29.3 Å². The van der Waals surface area contributed by atoms with Crippen LogP contribution in [0, 0.1) is 11.3 Å². The lowest BCUT2D eigenvalue weighted by Crippen LogP contribution is -2.29. The number of nitriles is 1. The first-order valence-corrected chi connectivity index (χ1v) is 13.9.